The first-order valence-corrected chi connectivity index (χ1v) is 11.7. The minimum Gasteiger partial charge on any atom is -0.497 e. The molecule has 170 valence electrons. The summed E-state index contributed by atoms with van der Waals surface area (Å²) in [7, 11) is -2.44. The Morgan fingerprint density at radius 1 is 1.00 bits per heavy atom. The second-order valence-corrected chi connectivity index (χ2v) is 9.10. The molecule has 33 heavy (non-hydrogen) atoms. The highest BCUT2D eigenvalue weighted by Crippen LogP contribution is 2.40. The quantitative estimate of drug-likeness (QED) is 0.492. The molecule has 0 N–H and O–H groups in total. The van der Waals surface area contributed by atoms with E-state index in [0.717, 1.165) is 0 Å². The molecular formula is C25H23NO6S. The van der Waals surface area contributed by atoms with E-state index in [1.54, 1.807) is 49.6 Å². The second kappa shape index (κ2) is 9.86. The fraction of sp³-hybridized carbons (Fsp3) is 0.200. The first-order chi connectivity index (χ1) is 16.0. The molecule has 4 rings (SSSR count). The van der Waals surface area contributed by atoms with Gasteiger partial charge in [0.1, 0.15) is 35.7 Å². The van der Waals surface area contributed by atoms with Crippen LogP contribution in [-0.4, -0.2) is 45.6 Å². The van der Waals surface area contributed by atoms with Crippen LogP contribution in [0.4, 0.5) is 0 Å². The summed E-state index contributed by atoms with van der Waals surface area (Å²) < 4.78 is 51.3. The lowest BCUT2D eigenvalue weighted by molar-refractivity contribution is 0.114. The maximum atomic E-state index is 13.6. The largest absolute Gasteiger partial charge is 0.497 e. The zero-order valence-corrected chi connectivity index (χ0v) is 18.8. The number of ether oxygens (including phenoxy) is 4. The molecule has 1 unspecified atom stereocenters. The van der Waals surface area contributed by atoms with Gasteiger partial charge in [-0.1, -0.05) is 30.2 Å². The molecule has 0 fully saturated rings. The molecule has 0 saturated carbocycles. The van der Waals surface area contributed by atoms with E-state index in [4.69, 9.17) is 25.4 Å². The summed E-state index contributed by atoms with van der Waals surface area (Å²) >= 11 is 0. The normalized spacial score (nSPS) is 17.0. The summed E-state index contributed by atoms with van der Waals surface area (Å²) in [5.74, 6) is 4.52. The van der Waals surface area contributed by atoms with Gasteiger partial charge in [-0.05, 0) is 48.5 Å². The zero-order chi connectivity index (χ0) is 23.3. The van der Waals surface area contributed by atoms with Gasteiger partial charge in [0.2, 0.25) is 0 Å². The SMILES string of the molecule is C#CCN1CC(COc2ccccc2)Oc2cccc(Oc3ccc(OC)cc3)c2S1(=O)=O. The van der Waals surface area contributed by atoms with Crippen molar-refractivity contribution < 1.29 is 27.4 Å². The van der Waals surface area contributed by atoms with Crippen LogP contribution in [0, 0.1) is 12.3 Å². The molecule has 0 bridgehead atoms. The molecule has 1 aliphatic heterocycles. The second-order valence-electron chi connectivity index (χ2n) is 7.23. The third kappa shape index (κ3) is 5.06. The van der Waals surface area contributed by atoms with Crippen LogP contribution in [0.5, 0.6) is 28.7 Å². The number of para-hydroxylation sites is 1. The van der Waals surface area contributed by atoms with E-state index in [-0.39, 0.29) is 36.1 Å². The van der Waals surface area contributed by atoms with Crippen LogP contribution in [0.25, 0.3) is 0 Å². The number of benzene rings is 3. The Hall–Kier alpha value is -3.67. The highest BCUT2D eigenvalue weighted by Gasteiger charge is 2.37. The molecule has 0 amide bonds. The van der Waals surface area contributed by atoms with Crippen LogP contribution in [0.15, 0.2) is 77.7 Å². The number of methoxy groups -OCH3 is 1. The predicted octanol–water partition coefficient (Wildman–Crippen LogP) is 3.95. The van der Waals surface area contributed by atoms with Gasteiger partial charge in [0.25, 0.3) is 10.0 Å². The Kier molecular flexibility index (Phi) is 6.73. The van der Waals surface area contributed by atoms with Crippen molar-refractivity contribution in [2.45, 2.75) is 11.0 Å². The molecule has 1 atom stereocenters. The number of terminal acetylenes is 1. The van der Waals surface area contributed by atoms with Crippen LogP contribution in [-0.2, 0) is 10.0 Å². The summed E-state index contributed by atoms with van der Waals surface area (Å²) in [4.78, 5) is -0.0710. The summed E-state index contributed by atoms with van der Waals surface area (Å²) in [6, 6.07) is 20.9. The van der Waals surface area contributed by atoms with Crippen LogP contribution in [0.2, 0.25) is 0 Å². The number of hydrogen-bond donors (Lipinski definition) is 0. The van der Waals surface area contributed by atoms with Crippen molar-refractivity contribution in [1.82, 2.24) is 4.31 Å². The fourth-order valence-corrected chi connectivity index (χ4v) is 5.01. The Morgan fingerprint density at radius 3 is 2.42 bits per heavy atom. The van der Waals surface area contributed by atoms with E-state index in [2.05, 4.69) is 5.92 Å². The topological polar surface area (TPSA) is 74.3 Å². The molecule has 0 aromatic heterocycles. The van der Waals surface area contributed by atoms with E-state index in [9.17, 15) is 8.42 Å². The predicted molar refractivity (Wildman–Crippen MR) is 123 cm³/mol. The van der Waals surface area contributed by atoms with E-state index < -0.39 is 16.1 Å². The van der Waals surface area contributed by atoms with Gasteiger partial charge in [-0.25, -0.2) is 8.42 Å². The van der Waals surface area contributed by atoms with Crippen molar-refractivity contribution in [3.05, 3.63) is 72.8 Å². The Balaban J connectivity index is 1.67. The number of fused-ring (bicyclic) bond motifs is 1. The third-order valence-corrected chi connectivity index (χ3v) is 6.85. The first-order valence-electron chi connectivity index (χ1n) is 10.2. The van der Waals surface area contributed by atoms with Crippen molar-refractivity contribution in [3.8, 4) is 41.1 Å². The van der Waals surface area contributed by atoms with Crippen molar-refractivity contribution in [3.63, 3.8) is 0 Å². The molecular weight excluding hydrogens is 442 g/mol. The van der Waals surface area contributed by atoms with Gasteiger partial charge in [-0.15, -0.1) is 6.42 Å². The lowest BCUT2D eigenvalue weighted by atomic mass is 10.3. The van der Waals surface area contributed by atoms with Crippen LogP contribution in [0.3, 0.4) is 0 Å². The number of nitrogens with zero attached hydrogens (tertiary/aromatic N) is 1. The molecule has 0 saturated heterocycles. The fourth-order valence-electron chi connectivity index (χ4n) is 3.41. The summed E-state index contributed by atoms with van der Waals surface area (Å²) in [5.41, 5.74) is 0. The third-order valence-electron chi connectivity index (χ3n) is 4.98. The van der Waals surface area contributed by atoms with Crippen LogP contribution < -0.4 is 18.9 Å². The maximum Gasteiger partial charge on any atom is 0.251 e. The number of sulfonamides is 1. The Labute approximate surface area is 193 Å². The van der Waals surface area contributed by atoms with E-state index in [1.165, 1.54) is 4.31 Å². The first kappa shape index (κ1) is 22.5. The van der Waals surface area contributed by atoms with Gasteiger partial charge in [-0.2, -0.15) is 4.31 Å². The summed E-state index contributed by atoms with van der Waals surface area (Å²) in [6.07, 6.45) is 4.90. The van der Waals surface area contributed by atoms with E-state index in [0.29, 0.717) is 17.2 Å². The molecule has 3 aromatic rings. The Bertz CT molecular complexity index is 1240. The molecule has 7 nitrogen and oxygen atoms in total. The zero-order valence-electron chi connectivity index (χ0n) is 18.0. The van der Waals surface area contributed by atoms with Crippen molar-refractivity contribution >= 4 is 10.0 Å². The molecule has 0 radical (unpaired) electrons. The van der Waals surface area contributed by atoms with Crippen LogP contribution in [0.1, 0.15) is 0 Å². The van der Waals surface area contributed by atoms with Gasteiger partial charge in [-0.3, -0.25) is 0 Å². The number of rotatable bonds is 7. The lowest BCUT2D eigenvalue weighted by Gasteiger charge is -2.21. The van der Waals surface area contributed by atoms with Crippen LogP contribution >= 0.6 is 0 Å². The smallest absolute Gasteiger partial charge is 0.251 e. The van der Waals surface area contributed by atoms with Crippen molar-refractivity contribution in [2.75, 3.05) is 26.8 Å². The van der Waals surface area contributed by atoms with Gasteiger partial charge >= 0.3 is 0 Å². The van der Waals surface area contributed by atoms with Gasteiger partial charge in [0, 0.05) is 0 Å². The minimum atomic E-state index is -4.00. The van der Waals surface area contributed by atoms with Gasteiger partial charge in [0.05, 0.1) is 20.2 Å². The monoisotopic (exact) mass is 465 g/mol. The molecule has 3 aromatic carbocycles. The average Bonchev–Trinajstić information content (AvgIpc) is 2.93. The maximum absolute atomic E-state index is 13.6. The van der Waals surface area contributed by atoms with E-state index in [1.807, 2.05) is 30.3 Å². The average molecular weight is 466 g/mol. The summed E-state index contributed by atoms with van der Waals surface area (Å²) in [6.45, 7) is 0.0729. The van der Waals surface area contributed by atoms with Crippen molar-refractivity contribution in [2.24, 2.45) is 0 Å². The van der Waals surface area contributed by atoms with E-state index >= 15 is 0 Å². The van der Waals surface area contributed by atoms with Crippen molar-refractivity contribution in [1.29, 1.82) is 0 Å². The highest BCUT2D eigenvalue weighted by atomic mass is 32.2. The molecule has 1 aliphatic rings. The highest BCUT2D eigenvalue weighted by molar-refractivity contribution is 7.89. The molecule has 8 heteroatoms. The lowest BCUT2D eigenvalue weighted by Crippen LogP contribution is -2.40. The standard InChI is InChI=1S/C25H23NO6S/c1-3-16-26-17-22(18-30-20-8-5-4-6-9-20)32-24-11-7-10-23(25(24)33(26,27)28)31-21-14-12-19(29-2)13-15-21/h1,4-15,22H,16-18H2,2H3. The molecule has 0 spiro atoms. The van der Waals surface area contributed by atoms with Gasteiger partial charge < -0.3 is 18.9 Å². The molecule has 0 aliphatic carbocycles. The number of hydrogen-bond acceptors (Lipinski definition) is 6. The minimum absolute atomic E-state index is 0.0377. The Morgan fingerprint density at radius 2 is 1.73 bits per heavy atom. The molecule has 1 heterocycles. The summed E-state index contributed by atoms with van der Waals surface area (Å²) in [5, 5.41) is 0. The van der Waals surface area contributed by atoms with Gasteiger partial charge in [0.15, 0.2) is 10.6 Å².